The maximum absolute atomic E-state index is 12.8. The number of amides is 2. The average Bonchev–Trinajstić information content (AvgIpc) is 2.78. The summed E-state index contributed by atoms with van der Waals surface area (Å²) < 4.78 is 0. The largest absolute Gasteiger partial charge is 0.277 e. The van der Waals surface area contributed by atoms with Crippen molar-refractivity contribution in [3.05, 3.63) is 69.8 Å². The molecule has 0 saturated heterocycles. The van der Waals surface area contributed by atoms with Crippen molar-refractivity contribution in [1.29, 1.82) is 5.26 Å². The Morgan fingerprint density at radius 1 is 1.00 bits per heavy atom. The summed E-state index contributed by atoms with van der Waals surface area (Å²) in [5, 5.41) is 8.77. The predicted octanol–water partition coefficient (Wildman–Crippen LogP) is 3.70. The Labute approximate surface area is 144 Å². The molecule has 3 rings (SSSR count). The van der Waals surface area contributed by atoms with Gasteiger partial charge in [-0.15, -0.1) is 0 Å². The molecule has 0 fully saturated rings. The van der Waals surface area contributed by atoms with Crippen LogP contribution in [-0.4, -0.2) is 11.8 Å². The van der Waals surface area contributed by atoms with Crippen LogP contribution in [0.15, 0.2) is 47.5 Å². The number of nitriles is 1. The van der Waals surface area contributed by atoms with Gasteiger partial charge in [-0.05, 0) is 49.2 Å². The molecule has 0 aliphatic carbocycles. The highest BCUT2D eigenvalue weighted by Crippen LogP contribution is 2.36. The van der Waals surface area contributed by atoms with E-state index in [1.165, 1.54) is 0 Å². The molecule has 0 N–H and O–H groups in total. The fourth-order valence-electron chi connectivity index (χ4n) is 2.75. The van der Waals surface area contributed by atoms with Crippen LogP contribution in [0.25, 0.3) is 5.57 Å². The van der Waals surface area contributed by atoms with E-state index in [1.54, 1.807) is 30.3 Å². The van der Waals surface area contributed by atoms with Crippen molar-refractivity contribution in [2.24, 2.45) is 0 Å². The first kappa shape index (κ1) is 16.0. The minimum absolute atomic E-state index is 0.0867. The van der Waals surface area contributed by atoms with Gasteiger partial charge in [-0.25, -0.2) is 4.90 Å². The SMILES string of the molecule is Cc1ccc(C2=C(Cl)C(=O)N(c3ccc(C#N)cc3)C2=O)c(C)c1. The summed E-state index contributed by atoms with van der Waals surface area (Å²) in [5.41, 5.74) is 3.65. The van der Waals surface area contributed by atoms with Gasteiger partial charge in [-0.3, -0.25) is 9.59 Å². The molecule has 0 unspecified atom stereocenters. The van der Waals surface area contributed by atoms with Gasteiger partial charge in [0.25, 0.3) is 11.8 Å². The lowest BCUT2D eigenvalue weighted by atomic mass is 9.99. The minimum Gasteiger partial charge on any atom is -0.268 e. The van der Waals surface area contributed by atoms with Gasteiger partial charge in [0.1, 0.15) is 5.03 Å². The first-order chi connectivity index (χ1) is 11.4. The van der Waals surface area contributed by atoms with Crippen molar-refractivity contribution in [2.45, 2.75) is 13.8 Å². The summed E-state index contributed by atoms with van der Waals surface area (Å²) in [4.78, 5) is 26.3. The van der Waals surface area contributed by atoms with Crippen molar-refractivity contribution in [3.63, 3.8) is 0 Å². The Morgan fingerprint density at radius 2 is 1.67 bits per heavy atom. The molecule has 0 atom stereocenters. The van der Waals surface area contributed by atoms with Gasteiger partial charge in [0, 0.05) is 0 Å². The van der Waals surface area contributed by atoms with Crippen molar-refractivity contribution >= 4 is 34.7 Å². The van der Waals surface area contributed by atoms with Gasteiger partial charge >= 0.3 is 0 Å². The number of carbonyl (C=O) groups is 2. The zero-order valence-corrected chi connectivity index (χ0v) is 13.9. The molecule has 0 spiro atoms. The fourth-order valence-corrected chi connectivity index (χ4v) is 3.02. The summed E-state index contributed by atoms with van der Waals surface area (Å²) in [6.45, 7) is 3.83. The third-order valence-electron chi connectivity index (χ3n) is 3.93. The van der Waals surface area contributed by atoms with Crippen molar-refractivity contribution in [3.8, 4) is 6.07 Å². The van der Waals surface area contributed by atoms with Crippen LogP contribution in [0.1, 0.15) is 22.3 Å². The smallest absolute Gasteiger partial charge is 0.268 e. The van der Waals surface area contributed by atoms with E-state index in [0.29, 0.717) is 16.8 Å². The molecule has 0 bridgehead atoms. The van der Waals surface area contributed by atoms with Crippen molar-refractivity contribution < 1.29 is 9.59 Å². The maximum atomic E-state index is 12.8. The van der Waals surface area contributed by atoms with Gasteiger partial charge in [0.05, 0.1) is 22.9 Å². The summed E-state index contributed by atoms with van der Waals surface area (Å²) >= 11 is 6.19. The number of hydrogen-bond donors (Lipinski definition) is 0. The first-order valence-corrected chi connectivity index (χ1v) is 7.68. The van der Waals surface area contributed by atoms with Gasteiger partial charge in [0.15, 0.2) is 0 Å². The molecular formula is C19H13ClN2O2. The van der Waals surface area contributed by atoms with Crippen LogP contribution >= 0.6 is 11.6 Å². The molecule has 1 aliphatic rings. The van der Waals surface area contributed by atoms with E-state index in [4.69, 9.17) is 16.9 Å². The molecule has 2 amide bonds. The van der Waals surface area contributed by atoms with E-state index in [2.05, 4.69) is 0 Å². The monoisotopic (exact) mass is 336 g/mol. The van der Waals surface area contributed by atoms with Gasteiger partial charge in [0.2, 0.25) is 0 Å². The maximum Gasteiger partial charge on any atom is 0.277 e. The number of imide groups is 1. The molecule has 24 heavy (non-hydrogen) atoms. The number of anilines is 1. The number of rotatable bonds is 2. The Hall–Kier alpha value is -2.90. The van der Waals surface area contributed by atoms with Gasteiger partial charge in [-0.2, -0.15) is 5.26 Å². The second-order valence-corrected chi connectivity index (χ2v) is 5.99. The molecule has 1 heterocycles. The van der Waals surface area contributed by atoms with Crippen LogP contribution in [0.5, 0.6) is 0 Å². The lowest BCUT2D eigenvalue weighted by Gasteiger charge is -2.15. The topological polar surface area (TPSA) is 61.2 Å². The third-order valence-corrected chi connectivity index (χ3v) is 4.28. The molecule has 0 radical (unpaired) electrons. The van der Waals surface area contributed by atoms with E-state index in [1.807, 2.05) is 32.0 Å². The number of nitrogens with zero attached hydrogens (tertiary/aromatic N) is 2. The standard InChI is InChI=1S/C19H13ClN2O2/c1-11-3-8-15(12(2)9-11)16-17(20)19(24)22(18(16)23)14-6-4-13(10-21)5-7-14/h3-9H,1-2H3. The summed E-state index contributed by atoms with van der Waals surface area (Å²) in [6.07, 6.45) is 0. The molecule has 0 saturated carbocycles. The molecule has 118 valence electrons. The normalized spacial score (nSPS) is 14.3. The molecule has 4 nitrogen and oxygen atoms in total. The molecule has 1 aliphatic heterocycles. The number of halogens is 1. The van der Waals surface area contributed by atoms with Crippen LogP contribution in [0.3, 0.4) is 0 Å². The van der Waals surface area contributed by atoms with Crippen LogP contribution in [0.2, 0.25) is 0 Å². The molecule has 5 heteroatoms. The zero-order chi connectivity index (χ0) is 17.4. The van der Waals surface area contributed by atoms with Crippen LogP contribution in [-0.2, 0) is 9.59 Å². The van der Waals surface area contributed by atoms with Crippen LogP contribution in [0.4, 0.5) is 5.69 Å². The first-order valence-electron chi connectivity index (χ1n) is 7.30. The molecular weight excluding hydrogens is 324 g/mol. The Kier molecular flexibility index (Phi) is 3.96. The van der Waals surface area contributed by atoms with E-state index >= 15 is 0 Å². The predicted molar refractivity (Wildman–Crippen MR) is 92.3 cm³/mol. The van der Waals surface area contributed by atoms with E-state index < -0.39 is 11.8 Å². The average molecular weight is 337 g/mol. The number of benzene rings is 2. The van der Waals surface area contributed by atoms with Crippen molar-refractivity contribution in [1.82, 2.24) is 0 Å². The molecule has 2 aromatic carbocycles. The summed E-state index contributed by atoms with van der Waals surface area (Å²) in [5.74, 6) is -1.01. The van der Waals surface area contributed by atoms with E-state index in [9.17, 15) is 9.59 Å². The summed E-state index contributed by atoms with van der Waals surface area (Å²) in [7, 11) is 0. The highest BCUT2D eigenvalue weighted by atomic mass is 35.5. The minimum atomic E-state index is -0.554. The Morgan fingerprint density at radius 3 is 2.25 bits per heavy atom. The van der Waals surface area contributed by atoms with Gasteiger partial charge in [-0.1, -0.05) is 35.4 Å². The number of hydrogen-bond acceptors (Lipinski definition) is 3. The zero-order valence-electron chi connectivity index (χ0n) is 13.1. The van der Waals surface area contributed by atoms with Crippen molar-refractivity contribution in [2.75, 3.05) is 4.90 Å². The number of carbonyl (C=O) groups excluding carboxylic acids is 2. The fraction of sp³-hybridized carbons (Fsp3) is 0.105. The quantitative estimate of drug-likeness (QED) is 0.786. The van der Waals surface area contributed by atoms with Crippen LogP contribution in [0, 0.1) is 25.2 Å². The van der Waals surface area contributed by atoms with Gasteiger partial charge < -0.3 is 0 Å². The lowest BCUT2D eigenvalue weighted by molar-refractivity contribution is -0.119. The highest BCUT2D eigenvalue weighted by molar-refractivity contribution is 6.60. The Bertz CT molecular complexity index is 937. The second kappa shape index (κ2) is 5.95. The lowest BCUT2D eigenvalue weighted by Crippen LogP contribution is -2.31. The summed E-state index contributed by atoms with van der Waals surface area (Å²) in [6, 6.07) is 13.8. The van der Waals surface area contributed by atoms with Crippen LogP contribution < -0.4 is 4.90 Å². The molecule has 0 aromatic heterocycles. The van der Waals surface area contributed by atoms with E-state index in [0.717, 1.165) is 16.0 Å². The Balaban J connectivity index is 2.06. The number of aryl methyl sites for hydroxylation is 2. The van der Waals surface area contributed by atoms with E-state index in [-0.39, 0.29) is 10.6 Å². The third kappa shape index (κ3) is 2.49. The molecule has 2 aromatic rings. The second-order valence-electron chi connectivity index (χ2n) is 5.61. The highest BCUT2D eigenvalue weighted by Gasteiger charge is 2.39.